The number of hydrogen-bond acceptors (Lipinski definition) is 5. The van der Waals surface area contributed by atoms with Crippen LogP contribution < -0.4 is 16.0 Å². The van der Waals surface area contributed by atoms with E-state index in [1.54, 1.807) is 54.7 Å². The maximum Gasteiger partial charge on any atom is 0.255 e. The van der Waals surface area contributed by atoms with Gasteiger partial charge in [0.2, 0.25) is 0 Å². The van der Waals surface area contributed by atoms with Gasteiger partial charge in [-0.1, -0.05) is 24.3 Å². The van der Waals surface area contributed by atoms with Gasteiger partial charge in [-0.25, -0.2) is 0 Å². The Balaban J connectivity index is 1.88. The van der Waals surface area contributed by atoms with Crippen LogP contribution in [0.1, 0.15) is 15.9 Å². The summed E-state index contributed by atoms with van der Waals surface area (Å²) in [7, 11) is 3.76. The molecule has 0 unspecified atom stereocenters. The van der Waals surface area contributed by atoms with Crippen LogP contribution in [-0.4, -0.2) is 25.0 Å². The molecular formula is C21H19N5O. The van der Waals surface area contributed by atoms with E-state index < -0.39 is 0 Å². The summed E-state index contributed by atoms with van der Waals surface area (Å²) in [5.74, 6) is -0.255. The van der Waals surface area contributed by atoms with Crippen LogP contribution in [0.4, 0.5) is 17.1 Å². The van der Waals surface area contributed by atoms with E-state index in [1.165, 1.54) is 0 Å². The molecule has 6 heteroatoms. The highest BCUT2D eigenvalue weighted by molar-refractivity contribution is 6.05. The topological polar surface area (TPSA) is 95.0 Å². The number of carbonyl (C=O) groups is 1. The number of benzene rings is 2. The highest BCUT2D eigenvalue weighted by Crippen LogP contribution is 2.28. The fraction of sp³-hybridized carbons (Fsp3) is 0.0952. The van der Waals surface area contributed by atoms with Crippen LogP contribution in [0.25, 0.3) is 11.3 Å². The first-order valence-electron chi connectivity index (χ1n) is 8.34. The highest BCUT2D eigenvalue weighted by atomic mass is 16.1. The molecule has 0 aliphatic heterocycles. The van der Waals surface area contributed by atoms with Gasteiger partial charge in [-0.15, -0.1) is 0 Å². The molecule has 0 atom stereocenters. The number of nitrogens with one attached hydrogen (secondary N) is 1. The average Bonchev–Trinajstić information content (AvgIpc) is 2.69. The molecule has 0 spiro atoms. The van der Waals surface area contributed by atoms with Gasteiger partial charge in [0.05, 0.1) is 22.8 Å². The third-order valence-electron chi connectivity index (χ3n) is 4.15. The Bertz CT molecular complexity index is 1020. The first-order chi connectivity index (χ1) is 13.0. The molecule has 6 nitrogen and oxygen atoms in total. The molecule has 3 N–H and O–H groups in total. The summed E-state index contributed by atoms with van der Waals surface area (Å²) >= 11 is 0. The second-order valence-electron chi connectivity index (χ2n) is 6.18. The second-order valence-corrected chi connectivity index (χ2v) is 6.18. The summed E-state index contributed by atoms with van der Waals surface area (Å²) in [4.78, 5) is 18.7. The number of nitrogens with zero attached hydrogens (tertiary/aromatic N) is 3. The Morgan fingerprint density at radius 2 is 1.81 bits per heavy atom. The van der Waals surface area contributed by atoms with E-state index in [1.807, 2.05) is 25.1 Å². The largest absolute Gasteiger partial charge is 0.397 e. The molecule has 0 saturated heterocycles. The molecule has 0 fully saturated rings. The summed E-state index contributed by atoms with van der Waals surface area (Å²) in [6.45, 7) is 0. The van der Waals surface area contributed by atoms with Crippen LogP contribution in [0.3, 0.4) is 0 Å². The van der Waals surface area contributed by atoms with E-state index in [-0.39, 0.29) is 5.91 Å². The van der Waals surface area contributed by atoms with Crippen molar-refractivity contribution >= 4 is 23.0 Å². The van der Waals surface area contributed by atoms with Gasteiger partial charge < -0.3 is 16.0 Å². The lowest BCUT2D eigenvalue weighted by Crippen LogP contribution is -2.13. The quantitative estimate of drug-likeness (QED) is 0.697. The maximum absolute atomic E-state index is 12.4. The molecule has 0 saturated carbocycles. The van der Waals surface area contributed by atoms with E-state index >= 15 is 0 Å². The van der Waals surface area contributed by atoms with Crippen molar-refractivity contribution in [2.75, 3.05) is 30.0 Å². The molecule has 1 aromatic heterocycles. The van der Waals surface area contributed by atoms with E-state index in [9.17, 15) is 10.1 Å². The lowest BCUT2D eigenvalue weighted by molar-refractivity contribution is 0.102. The van der Waals surface area contributed by atoms with Crippen molar-refractivity contribution in [2.45, 2.75) is 0 Å². The Morgan fingerprint density at radius 3 is 2.44 bits per heavy atom. The molecular weight excluding hydrogens is 338 g/mol. The number of nitriles is 1. The zero-order valence-electron chi connectivity index (χ0n) is 15.1. The number of hydrogen-bond donors (Lipinski definition) is 2. The number of carbonyl (C=O) groups excluding carboxylic acids is 1. The van der Waals surface area contributed by atoms with Gasteiger partial charge in [0, 0.05) is 31.4 Å². The predicted molar refractivity (Wildman–Crippen MR) is 108 cm³/mol. The summed E-state index contributed by atoms with van der Waals surface area (Å²) in [5.41, 5.74) is 10.1. The number of aromatic nitrogens is 1. The Hall–Kier alpha value is -3.85. The molecule has 0 aliphatic carbocycles. The molecule has 27 heavy (non-hydrogen) atoms. The first-order valence-corrected chi connectivity index (χ1v) is 8.34. The zero-order chi connectivity index (χ0) is 19.4. The predicted octanol–water partition coefficient (Wildman–Crippen LogP) is 3.52. The molecule has 0 radical (unpaired) electrons. The summed E-state index contributed by atoms with van der Waals surface area (Å²) < 4.78 is 0. The molecule has 3 rings (SSSR count). The molecule has 0 bridgehead atoms. The minimum atomic E-state index is -0.255. The van der Waals surface area contributed by atoms with Crippen molar-refractivity contribution in [3.8, 4) is 17.3 Å². The van der Waals surface area contributed by atoms with Crippen LogP contribution in [-0.2, 0) is 0 Å². The molecule has 2 aromatic carbocycles. The van der Waals surface area contributed by atoms with Crippen LogP contribution in [0.5, 0.6) is 0 Å². The fourth-order valence-electron chi connectivity index (χ4n) is 2.74. The van der Waals surface area contributed by atoms with E-state index in [0.717, 1.165) is 11.3 Å². The third kappa shape index (κ3) is 3.72. The number of para-hydroxylation sites is 2. The summed E-state index contributed by atoms with van der Waals surface area (Å²) in [6.07, 6.45) is 1.67. The number of anilines is 3. The van der Waals surface area contributed by atoms with Crippen molar-refractivity contribution < 1.29 is 4.79 Å². The van der Waals surface area contributed by atoms with Gasteiger partial charge in [-0.05, 0) is 30.3 Å². The summed E-state index contributed by atoms with van der Waals surface area (Å²) in [5, 5.41) is 12.3. The van der Waals surface area contributed by atoms with Gasteiger partial charge in [0.25, 0.3) is 5.91 Å². The molecule has 3 aromatic rings. The summed E-state index contributed by atoms with van der Waals surface area (Å²) in [6, 6.07) is 18.1. The third-order valence-corrected chi connectivity index (χ3v) is 4.15. The van der Waals surface area contributed by atoms with Gasteiger partial charge >= 0.3 is 0 Å². The van der Waals surface area contributed by atoms with Crippen molar-refractivity contribution in [1.29, 1.82) is 5.26 Å². The minimum Gasteiger partial charge on any atom is -0.397 e. The maximum atomic E-state index is 12.4. The van der Waals surface area contributed by atoms with Crippen LogP contribution in [0, 0.1) is 11.3 Å². The van der Waals surface area contributed by atoms with Gasteiger partial charge in [0.15, 0.2) is 0 Å². The Morgan fingerprint density at radius 1 is 1.11 bits per heavy atom. The standard InChI is InChI=1S/C21H19N5O/c1-26(2)19-11-12-24-20(16(19)13-22)14-7-9-15(10-8-14)21(27)25-18-6-4-3-5-17(18)23/h3-12H,23H2,1-2H3,(H,25,27). The minimum absolute atomic E-state index is 0.255. The number of rotatable bonds is 4. The highest BCUT2D eigenvalue weighted by Gasteiger charge is 2.14. The van der Waals surface area contributed by atoms with Gasteiger partial charge in [-0.3, -0.25) is 9.78 Å². The Kier molecular flexibility index (Phi) is 5.04. The molecule has 134 valence electrons. The number of amides is 1. The monoisotopic (exact) mass is 357 g/mol. The van der Waals surface area contributed by atoms with Crippen molar-refractivity contribution in [3.05, 3.63) is 71.9 Å². The second kappa shape index (κ2) is 7.58. The van der Waals surface area contributed by atoms with Crippen molar-refractivity contribution in [2.24, 2.45) is 0 Å². The molecule has 1 heterocycles. The Labute approximate surface area is 157 Å². The number of nitrogens with two attached hydrogens (primary N) is 1. The number of nitrogen functional groups attached to an aromatic ring is 1. The zero-order valence-corrected chi connectivity index (χ0v) is 15.1. The van der Waals surface area contributed by atoms with E-state index in [2.05, 4.69) is 16.4 Å². The van der Waals surface area contributed by atoms with Crippen LogP contribution >= 0.6 is 0 Å². The number of pyridine rings is 1. The van der Waals surface area contributed by atoms with Crippen molar-refractivity contribution in [1.82, 2.24) is 4.98 Å². The fourth-order valence-corrected chi connectivity index (χ4v) is 2.74. The first kappa shape index (κ1) is 18.0. The van der Waals surface area contributed by atoms with E-state index in [4.69, 9.17) is 5.73 Å². The van der Waals surface area contributed by atoms with Gasteiger partial charge in [0.1, 0.15) is 11.6 Å². The SMILES string of the molecule is CN(C)c1ccnc(-c2ccc(C(=O)Nc3ccccc3N)cc2)c1C#N. The molecule has 0 aliphatic rings. The smallest absolute Gasteiger partial charge is 0.255 e. The lowest BCUT2D eigenvalue weighted by Gasteiger charge is -2.16. The van der Waals surface area contributed by atoms with Crippen molar-refractivity contribution in [3.63, 3.8) is 0 Å². The lowest BCUT2D eigenvalue weighted by atomic mass is 10.0. The van der Waals surface area contributed by atoms with Gasteiger partial charge in [-0.2, -0.15) is 5.26 Å². The van der Waals surface area contributed by atoms with Crippen LogP contribution in [0.2, 0.25) is 0 Å². The normalized spacial score (nSPS) is 10.1. The molecule has 1 amide bonds. The van der Waals surface area contributed by atoms with Crippen LogP contribution in [0.15, 0.2) is 60.8 Å². The average molecular weight is 357 g/mol. The van der Waals surface area contributed by atoms with E-state index in [0.29, 0.717) is 28.2 Å².